The number of nitrogens with zero attached hydrogens (tertiary/aromatic N) is 2. The van der Waals surface area contributed by atoms with Gasteiger partial charge in [0, 0.05) is 27.2 Å². The van der Waals surface area contributed by atoms with Crippen LogP contribution in [0.25, 0.3) is 0 Å². The molecule has 0 aliphatic heterocycles. The molecular weight excluding hydrogens is 374 g/mol. The summed E-state index contributed by atoms with van der Waals surface area (Å²) < 4.78 is 1.06. The smallest absolute Gasteiger partial charge is 0.290 e. The van der Waals surface area contributed by atoms with E-state index >= 15 is 0 Å². The Bertz CT molecular complexity index is 1030. The van der Waals surface area contributed by atoms with Crippen molar-refractivity contribution < 1.29 is 9.90 Å². The van der Waals surface area contributed by atoms with Gasteiger partial charge in [0.05, 0.1) is 11.3 Å². The van der Waals surface area contributed by atoms with Gasteiger partial charge < -0.3 is 20.6 Å². The molecule has 1 heterocycles. The van der Waals surface area contributed by atoms with Crippen molar-refractivity contribution in [2.45, 2.75) is 33.7 Å². The minimum absolute atomic E-state index is 0.0166. The summed E-state index contributed by atoms with van der Waals surface area (Å²) in [6.07, 6.45) is 0. The molecule has 1 unspecified atom stereocenters. The van der Waals surface area contributed by atoms with Gasteiger partial charge in [-0.1, -0.05) is 26.8 Å². The number of phenols is 1. The SMILES string of the molecule is CC(Nc1c(Nc2cccc(C(=O)N(C)C)c2O)c(=O)n(C)[nH]c1=O)C(C)(C)C. The number of aromatic nitrogens is 2. The van der Waals surface area contributed by atoms with E-state index in [1.54, 1.807) is 20.2 Å². The Morgan fingerprint density at radius 2 is 1.83 bits per heavy atom. The largest absolute Gasteiger partial charge is 0.505 e. The third kappa shape index (κ3) is 4.61. The van der Waals surface area contributed by atoms with Crippen molar-refractivity contribution >= 4 is 23.0 Å². The second-order valence-electron chi connectivity index (χ2n) is 8.31. The predicted molar refractivity (Wildman–Crippen MR) is 114 cm³/mol. The van der Waals surface area contributed by atoms with Gasteiger partial charge in [-0.3, -0.25) is 24.2 Å². The van der Waals surface area contributed by atoms with E-state index < -0.39 is 11.1 Å². The summed E-state index contributed by atoms with van der Waals surface area (Å²) in [5.41, 5.74) is -0.865. The third-order valence-electron chi connectivity index (χ3n) is 4.86. The Labute approximate surface area is 169 Å². The lowest BCUT2D eigenvalue weighted by Crippen LogP contribution is -2.37. The van der Waals surface area contributed by atoms with Crippen LogP contribution in [0.3, 0.4) is 0 Å². The number of hydrogen-bond acceptors (Lipinski definition) is 6. The van der Waals surface area contributed by atoms with Crippen molar-refractivity contribution in [3.63, 3.8) is 0 Å². The normalized spacial score (nSPS) is 12.4. The van der Waals surface area contributed by atoms with E-state index in [4.69, 9.17) is 0 Å². The van der Waals surface area contributed by atoms with Gasteiger partial charge in [0.15, 0.2) is 5.75 Å². The highest BCUT2D eigenvalue weighted by Gasteiger charge is 2.24. The van der Waals surface area contributed by atoms with Gasteiger partial charge in [0.1, 0.15) is 11.4 Å². The van der Waals surface area contributed by atoms with Crippen molar-refractivity contribution in [1.82, 2.24) is 14.7 Å². The van der Waals surface area contributed by atoms with Crippen LogP contribution in [0.5, 0.6) is 5.75 Å². The van der Waals surface area contributed by atoms with Crippen LogP contribution in [-0.2, 0) is 7.05 Å². The molecular formula is C20H29N5O4. The molecule has 0 saturated carbocycles. The van der Waals surface area contributed by atoms with E-state index in [9.17, 15) is 19.5 Å². The molecule has 9 heteroatoms. The summed E-state index contributed by atoms with van der Waals surface area (Å²) in [6, 6.07) is 4.46. The Kier molecular flexibility index (Phi) is 6.10. The summed E-state index contributed by atoms with van der Waals surface area (Å²) in [6.45, 7) is 7.94. The van der Waals surface area contributed by atoms with Crippen LogP contribution in [0.1, 0.15) is 38.1 Å². The number of nitrogens with one attached hydrogen (secondary N) is 3. The van der Waals surface area contributed by atoms with E-state index in [2.05, 4.69) is 15.7 Å². The molecule has 0 spiro atoms. The standard InChI is InChI=1S/C20H29N5O4/c1-11(20(2,3)4)21-14-15(19(29)25(7)23-17(14)27)22-13-10-8-9-12(16(13)26)18(28)24(5)6/h8-11,21-22,26H,1-7H3,(H,23,27). The highest BCUT2D eigenvalue weighted by Crippen LogP contribution is 2.32. The van der Waals surface area contributed by atoms with Gasteiger partial charge >= 0.3 is 0 Å². The van der Waals surface area contributed by atoms with Crippen LogP contribution in [0.2, 0.25) is 0 Å². The van der Waals surface area contributed by atoms with Crippen LogP contribution in [0, 0.1) is 5.41 Å². The van der Waals surface area contributed by atoms with Crippen molar-refractivity contribution in [2.24, 2.45) is 12.5 Å². The number of aromatic amines is 1. The molecule has 1 aromatic heterocycles. The van der Waals surface area contributed by atoms with Gasteiger partial charge in [0.2, 0.25) is 0 Å². The lowest BCUT2D eigenvalue weighted by atomic mass is 9.88. The number of H-pyrrole nitrogens is 1. The van der Waals surface area contributed by atoms with Gasteiger partial charge in [-0.15, -0.1) is 0 Å². The summed E-state index contributed by atoms with van der Waals surface area (Å²) >= 11 is 0. The number of para-hydroxylation sites is 1. The molecule has 0 radical (unpaired) electrons. The second-order valence-corrected chi connectivity index (χ2v) is 8.31. The third-order valence-corrected chi connectivity index (χ3v) is 4.86. The minimum Gasteiger partial charge on any atom is -0.505 e. The van der Waals surface area contributed by atoms with E-state index in [0.717, 1.165) is 4.68 Å². The highest BCUT2D eigenvalue weighted by atomic mass is 16.3. The number of carbonyl (C=O) groups excluding carboxylic acids is 1. The van der Waals surface area contributed by atoms with Crippen molar-refractivity contribution in [2.75, 3.05) is 24.7 Å². The maximum atomic E-state index is 12.7. The van der Waals surface area contributed by atoms with Gasteiger partial charge in [0.25, 0.3) is 17.0 Å². The molecule has 158 valence electrons. The maximum Gasteiger partial charge on any atom is 0.290 e. The van der Waals surface area contributed by atoms with Crippen LogP contribution in [0.15, 0.2) is 27.8 Å². The maximum absolute atomic E-state index is 12.7. The molecule has 29 heavy (non-hydrogen) atoms. The Morgan fingerprint density at radius 3 is 2.38 bits per heavy atom. The lowest BCUT2D eigenvalue weighted by Gasteiger charge is -2.29. The molecule has 0 aliphatic rings. The second kappa shape index (κ2) is 8.02. The zero-order chi connectivity index (χ0) is 22.1. The Morgan fingerprint density at radius 1 is 1.21 bits per heavy atom. The van der Waals surface area contributed by atoms with E-state index in [-0.39, 0.29) is 45.7 Å². The fourth-order valence-corrected chi connectivity index (χ4v) is 2.53. The average Bonchev–Trinajstić information content (AvgIpc) is 2.62. The van der Waals surface area contributed by atoms with Crippen molar-refractivity contribution in [3.8, 4) is 5.75 Å². The summed E-state index contributed by atoms with van der Waals surface area (Å²) in [5, 5.41) is 19.0. The number of aromatic hydroxyl groups is 1. The fourth-order valence-electron chi connectivity index (χ4n) is 2.53. The quantitative estimate of drug-likeness (QED) is 0.568. The first kappa shape index (κ1) is 22.1. The zero-order valence-electron chi connectivity index (χ0n) is 17.9. The molecule has 2 rings (SSSR count). The number of amides is 1. The van der Waals surface area contributed by atoms with Crippen LogP contribution >= 0.6 is 0 Å². The number of aryl methyl sites for hydroxylation is 1. The predicted octanol–water partition coefficient (Wildman–Crippen LogP) is 2.07. The van der Waals surface area contributed by atoms with Crippen LogP contribution in [0.4, 0.5) is 17.1 Å². The minimum atomic E-state index is -0.489. The molecule has 9 nitrogen and oxygen atoms in total. The van der Waals surface area contributed by atoms with E-state index in [0.29, 0.717) is 0 Å². The number of phenolic OH excluding ortho intramolecular Hbond substituents is 1. The molecule has 4 N–H and O–H groups in total. The van der Waals surface area contributed by atoms with Crippen LogP contribution in [-0.4, -0.2) is 45.8 Å². The summed E-state index contributed by atoms with van der Waals surface area (Å²) in [5.74, 6) is -0.687. The van der Waals surface area contributed by atoms with E-state index in [1.165, 1.54) is 24.1 Å². The van der Waals surface area contributed by atoms with Crippen molar-refractivity contribution in [1.29, 1.82) is 0 Å². The highest BCUT2D eigenvalue weighted by molar-refractivity contribution is 5.98. The van der Waals surface area contributed by atoms with Crippen molar-refractivity contribution in [3.05, 3.63) is 44.5 Å². The number of benzene rings is 1. The molecule has 0 fully saturated rings. The monoisotopic (exact) mass is 403 g/mol. The Hall–Kier alpha value is -3.23. The number of rotatable bonds is 5. The molecule has 1 amide bonds. The van der Waals surface area contributed by atoms with Gasteiger partial charge in [-0.2, -0.15) is 0 Å². The molecule has 1 atom stereocenters. The zero-order valence-corrected chi connectivity index (χ0v) is 17.9. The van der Waals surface area contributed by atoms with Gasteiger partial charge in [-0.05, 0) is 24.5 Å². The molecule has 0 aliphatic carbocycles. The first-order valence-electron chi connectivity index (χ1n) is 9.25. The topological polar surface area (TPSA) is 119 Å². The molecule has 1 aromatic carbocycles. The molecule has 0 saturated heterocycles. The lowest BCUT2D eigenvalue weighted by molar-refractivity contribution is 0.0824. The summed E-state index contributed by atoms with van der Waals surface area (Å²) in [7, 11) is 4.58. The first-order valence-corrected chi connectivity index (χ1v) is 9.25. The van der Waals surface area contributed by atoms with Crippen LogP contribution < -0.4 is 21.8 Å². The number of hydrogen-bond donors (Lipinski definition) is 4. The number of carbonyl (C=O) groups is 1. The first-order chi connectivity index (χ1) is 13.3. The molecule has 0 bridgehead atoms. The molecule has 2 aromatic rings. The van der Waals surface area contributed by atoms with Gasteiger partial charge in [-0.25, -0.2) is 0 Å². The Balaban J connectivity index is 2.59. The summed E-state index contributed by atoms with van der Waals surface area (Å²) in [4.78, 5) is 38.9. The average molecular weight is 403 g/mol. The number of anilines is 3. The van der Waals surface area contributed by atoms with E-state index in [1.807, 2.05) is 27.7 Å². The fraction of sp³-hybridized carbons (Fsp3) is 0.450.